The number of fused-ring (bicyclic) bond motifs is 1. The molecule has 3 aromatic rings. The Morgan fingerprint density at radius 2 is 1.62 bits per heavy atom. The average Bonchev–Trinajstić information content (AvgIpc) is 2.98. The second-order valence-electron chi connectivity index (χ2n) is 12.0. The molecule has 0 bridgehead atoms. The van der Waals surface area contributed by atoms with Crippen LogP contribution in [0.3, 0.4) is 0 Å². The van der Waals surface area contributed by atoms with Gasteiger partial charge in [-0.15, -0.1) is 0 Å². The van der Waals surface area contributed by atoms with E-state index in [0.29, 0.717) is 5.56 Å². The zero-order valence-corrected chi connectivity index (χ0v) is 25.4. The minimum atomic E-state index is -3.93. The molecular weight excluding hydrogens is 549 g/mol. The monoisotopic (exact) mass is 591 g/mol. The van der Waals surface area contributed by atoms with Gasteiger partial charge in [-0.1, -0.05) is 62.7 Å². The van der Waals surface area contributed by atoms with Crippen molar-refractivity contribution in [1.82, 2.24) is 14.9 Å². The van der Waals surface area contributed by atoms with Crippen LogP contribution in [0.15, 0.2) is 71.6 Å². The van der Waals surface area contributed by atoms with Crippen molar-refractivity contribution in [2.24, 2.45) is 0 Å². The SMILES string of the molecule is CC(C)c1ccc(S(=O)(=O)N[C@H](CC(=O)N[C@@H]2CCCc3cc(CN4CCCCC4)ccc32)c2ccc(F)cc2)cc1. The second kappa shape index (κ2) is 13.5. The van der Waals surface area contributed by atoms with Gasteiger partial charge in [-0.25, -0.2) is 17.5 Å². The fraction of sp³-hybridized carbons (Fsp3) is 0.441. The van der Waals surface area contributed by atoms with Gasteiger partial charge in [0.05, 0.1) is 17.0 Å². The highest BCUT2D eigenvalue weighted by Gasteiger charge is 2.27. The van der Waals surface area contributed by atoms with E-state index in [1.54, 1.807) is 24.3 Å². The van der Waals surface area contributed by atoms with Crippen molar-refractivity contribution in [1.29, 1.82) is 0 Å². The highest BCUT2D eigenvalue weighted by atomic mass is 32.2. The average molecular weight is 592 g/mol. The third kappa shape index (κ3) is 7.65. The first-order valence-electron chi connectivity index (χ1n) is 15.2. The number of hydrogen-bond acceptors (Lipinski definition) is 4. The van der Waals surface area contributed by atoms with Crippen LogP contribution in [0.2, 0.25) is 0 Å². The van der Waals surface area contributed by atoms with Crippen molar-refractivity contribution in [3.8, 4) is 0 Å². The lowest BCUT2D eigenvalue weighted by Gasteiger charge is -2.29. The van der Waals surface area contributed by atoms with Gasteiger partial charge in [0, 0.05) is 13.0 Å². The van der Waals surface area contributed by atoms with Crippen LogP contribution in [0.1, 0.15) is 98.2 Å². The molecule has 8 heteroatoms. The van der Waals surface area contributed by atoms with E-state index in [4.69, 9.17) is 0 Å². The van der Waals surface area contributed by atoms with Crippen LogP contribution in [0, 0.1) is 5.82 Å². The highest BCUT2D eigenvalue weighted by Crippen LogP contribution is 2.32. The molecule has 1 heterocycles. The second-order valence-corrected chi connectivity index (χ2v) is 13.7. The maximum atomic E-state index is 13.7. The number of rotatable bonds is 10. The van der Waals surface area contributed by atoms with Crippen LogP contribution in [-0.2, 0) is 27.8 Å². The molecule has 1 fully saturated rings. The molecule has 0 spiro atoms. The molecule has 2 atom stereocenters. The molecule has 0 saturated carbocycles. The zero-order valence-electron chi connectivity index (χ0n) is 24.6. The summed E-state index contributed by atoms with van der Waals surface area (Å²) < 4.78 is 43.1. The summed E-state index contributed by atoms with van der Waals surface area (Å²) in [4.78, 5) is 16.1. The Hall–Kier alpha value is -3.07. The minimum Gasteiger partial charge on any atom is -0.349 e. The summed E-state index contributed by atoms with van der Waals surface area (Å²) in [5.74, 6) is -0.401. The lowest BCUT2D eigenvalue weighted by Crippen LogP contribution is -2.36. The van der Waals surface area contributed by atoms with E-state index in [-0.39, 0.29) is 29.2 Å². The molecule has 0 radical (unpaired) electrons. The largest absolute Gasteiger partial charge is 0.349 e. The van der Waals surface area contributed by atoms with Crippen molar-refractivity contribution in [2.75, 3.05) is 13.1 Å². The Kier molecular flexibility index (Phi) is 9.76. The van der Waals surface area contributed by atoms with Crippen LogP contribution in [-0.4, -0.2) is 32.3 Å². The number of piperidine rings is 1. The number of likely N-dealkylation sites (tertiary alicyclic amines) is 1. The van der Waals surface area contributed by atoms with Crippen LogP contribution >= 0.6 is 0 Å². The number of halogens is 1. The number of amides is 1. The maximum absolute atomic E-state index is 13.7. The molecule has 0 aromatic heterocycles. The molecule has 42 heavy (non-hydrogen) atoms. The summed E-state index contributed by atoms with van der Waals surface area (Å²) in [5, 5.41) is 3.17. The topological polar surface area (TPSA) is 78.5 Å². The summed E-state index contributed by atoms with van der Waals surface area (Å²) in [6.45, 7) is 7.36. The number of carbonyl (C=O) groups is 1. The van der Waals surface area contributed by atoms with Crippen molar-refractivity contribution < 1.29 is 17.6 Å². The van der Waals surface area contributed by atoms with Gasteiger partial charge in [0.25, 0.3) is 0 Å². The summed E-state index contributed by atoms with van der Waals surface area (Å²) in [7, 11) is -3.93. The molecule has 1 saturated heterocycles. The quantitative estimate of drug-likeness (QED) is 0.281. The lowest BCUT2D eigenvalue weighted by molar-refractivity contribution is -0.122. The van der Waals surface area contributed by atoms with Gasteiger partial charge in [0.2, 0.25) is 15.9 Å². The Morgan fingerprint density at radius 1 is 0.929 bits per heavy atom. The third-order valence-corrected chi connectivity index (χ3v) is 10.0. The summed E-state index contributed by atoms with van der Waals surface area (Å²) >= 11 is 0. The van der Waals surface area contributed by atoms with E-state index in [1.165, 1.54) is 54.7 Å². The standard InChI is InChI=1S/C34H42FN3O3S/c1-24(2)26-12-16-30(17-13-26)42(40,41)37-33(27-10-14-29(35)15-11-27)22-34(39)36-32-8-6-7-28-21-25(9-18-31(28)32)23-38-19-4-3-5-20-38/h9-18,21,24,32-33,37H,3-8,19-20,22-23H2,1-2H3,(H,36,39)/t32-,33-/m1/s1. The molecule has 1 aliphatic heterocycles. The molecule has 2 aliphatic rings. The van der Waals surface area contributed by atoms with E-state index < -0.39 is 21.9 Å². The van der Waals surface area contributed by atoms with Crippen molar-refractivity contribution in [2.45, 2.75) is 88.2 Å². The first-order valence-corrected chi connectivity index (χ1v) is 16.7. The fourth-order valence-corrected chi connectivity index (χ4v) is 7.36. The first kappa shape index (κ1) is 30.4. The van der Waals surface area contributed by atoms with Crippen LogP contribution < -0.4 is 10.0 Å². The van der Waals surface area contributed by atoms with E-state index in [2.05, 4.69) is 33.1 Å². The maximum Gasteiger partial charge on any atom is 0.241 e. The smallest absolute Gasteiger partial charge is 0.241 e. The van der Waals surface area contributed by atoms with Gasteiger partial charge in [0.15, 0.2) is 0 Å². The van der Waals surface area contributed by atoms with Crippen molar-refractivity contribution in [3.05, 3.63) is 100 Å². The van der Waals surface area contributed by atoms with Gasteiger partial charge in [-0.05, 0) is 103 Å². The summed E-state index contributed by atoms with van der Waals surface area (Å²) in [6, 6.07) is 18.0. The van der Waals surface area contributed by atoms with Gasteiger partial charge < -0.3 is 5.32 Å². The van der Waals surface area contributed by atoms with Gasteiger partial charge in [-0.2, -0.15) is 0 Å². The van der Waals surface area contributed by atoms with E-state index >= 15 is 0 Å². The minimum absolute atomic E-state index is 0.103. The molecule has 3 aromatic carbocycles. The van der Waals surface area contributed by atoms with Gasteiger partial charge in [0.1, 0.15) is 5.82 Å². The number of aryl methyl sites for hydroxylation is 1. The highest BCUT2D eigenvalue weighted by molar-refractivity contribution is 7.89. The predicted octanol–water partition coefficient (Wildman–Crippen LogP) is 6.54. The number of hydrogen-bond donors (Lipinski definition) is 2. The zero-order chi connectivity index (χ0) is 29.7. The van der Waals surface area contributed by atoms with Crippen molar-refractivity contribution in [3.63, 3.8) is 0 Å². The Morgan fingerprint density at radius 3 is 2.31 bits per heavy atom. The number of benzene rings is 3. The molecule has 224 valence electrons. The molecule has 6 nitrogen and oxygen atoms in total. The fourth-order valence-electron chi connectivity index (χ4n) is 6.14. The van der Waals surface area contributed by atoms with Crippen LogP contribution in [0.4, 0.5) is 4.39 Å². The Balaban J connectivity index is 1.30. The van der Waals surface area contributed by atoms with Crippen LogP contribution in [0.5, 0.6) is 0 Å². The summed E-state index contributed by atoms with van der Waals surface area (Å²) in [5.41, 5.74) is 5.30. The van der Waals surface area contributed by atoms with Gasteiger partial charge >= 0.3 is 0 Å². The number of nitrogens with zero attached hydrogens (tertiary/aromatic N) is 1. The molecule has 0 unspecified atom stereocenters. The third-order valence-electron chi connectivity index (χ3n) is 8.53. The van der Waals surface area contributed by atoms with Crippen LogP contribution in [0.25, 0.3) is 0 Å². The molecular formula is C34H42FN3O3S. The normalized spacial score (nSPS) is 18.4. The van der Waals surface area contributed by atoms with E-state index in [9.17, 15) is 17.6 Å². The molecule has 1 aliphatic carbocycles. The predicted molar refractivity (Wildman–Crippen MR) is 164 cm³/mol. The Bertz CT molecular complexity index is 1470. The lowest BCUT2D eigenvalue weighted by atomic mass is 9.86. The molecule has 2 N–H and O–H groups in total. The first-order chi connectivity index (χ1) is 20.2. The Labute approximate surface area is 249 Å². The van der Waals surface area contributed by atoms with E-state index in [0.717, 1.165) is 50.0 Å². The summed E-state index contributed by atoms with van der Waals surface area (Å²) in [6.07, 6.45) is 6.54. The molecule has 1 amide bonds. The van der Waals surface area contributed by atoms with Gasteiger partial charge in [-0.3, -0.25) is 9.69 Å². The van der Waals surface area contributed by atoms with E-state index in [1.807, 2.05) is 13.8 Å². The molecule has 5 rings (SSSR count). The number of nitrogens with one attached hydrogen (secondary N) is 2. The van der Waals surface area contributed by atoms with Crippen molar-refractivity contribution >= 4 is 15.9 Å². The number of carbonyl (C=O) groups excluding carboxylic acids is 1. The number of sulfonamides is 1.